The van der Waals surface area contributed by atoms with Gasteiger partial charge in [-0.2, -0.15) is 0 Å². The number of aliphatic hydroxyl groups excluding tert-OH is 1. The number of aromatic nitrogens is 3. The van der Waals surface area contributed by atoms with Gasteiger partial charge in [0.15, 0.2) is 0 Å². The Morgan fingerprint density at radius 3 is 3.00 bits per heavy atom. The van der Waals surface area contributed by atoms with Crippen molar-refractivity contribution < 1.29 is 9.50 Å². The lowest BCUT2D eigenvalue weighted by molar-refractivity contribution is 0.288. The largest absolute Gasteiger partial charge is 0.396 e. The molecule has 2 rings (SSSR count). The molecule has 96 valence electrons. The fourth-order valence-corrected chi connectivity index (χ4v) is 2.00. The highest BCUT2D eigenvalue weighted by molar-refractivity contribution is 9.10. The quantitative estimate of drug-likeness (QED) is 0.920. The normalized spacial score (nSPS) is 10.8. The van der Waals surface area contributed by atoms with Crippen LogP contribution in [0.3, 0.4) is 0 Å². The highest BCUT2D eigenvalue weighted by atomic mass is 79.9. The molecule has 0 saturated heterocycles. The molecule has 0 spiro atoms. The van der Waals surface area contributed by atoms with E-state index in [0.29, 0.717) is 19.4 Å². The maximum Gasteiger partial charge on any atom is 0.123 e. The van der Waals surface area contributed by atoms with E-state index in [1.807, 2.05) is 6.20 Å². The highest BCUT2D eigenvalue weighted by Crippen LogP contribution is 2.18. The van der Waals surface area contributed by atoms with E-state index in [0.717, 1.165) is 15.7 Å². The van der Waals surface area contributed by atoms with E-state index in [2.05, 4.69) is 26.2 Å². The summed E-state index contributed by atoms with van der Waals surface area (Å²) >= 11 is 3.38. The lowest BCUT2D eigenvalue weighted by atomic mass is 10.2. The topological polar surface area (TPSA) is 50.9 Å². The van der Waals surface area contributed by atoms with Crippen LogP contribution in [0.25, 0.3) is 0 Å². The molecular weight excluding hydrogens is 301 g/mol. The molecule has 0 fully saturated rings. The number of halogens is 2. The van der Waals surface area contributed by atoms with Crippen LogP contribution in [-0.4, -0.2) is 26.7 Å². The number of benzene rings is 1. The Kier molecular flexibility index (Phi) is 4.43. The Morgan fingerprint density at radius 2 is 2.22 bits per heavy atom. The van der Waals surface area contributed by atoms with Gasteiger partial charge in [0.1, 0.15) is 5.82 Å². The van der Waals surface area contributed by atoms with Crippen molar-refractivity contribution in [1.82, 2.24) is 15.0 Å². The van der Waals surface area contributed by atoms with Crippen molar-refractivity contribution in [3.63, 3.8) is 0 Å². The molecule has 0 atom stereocenters. The fraction of sp³-hybridized carbons (Fsp3) is 0.333. The Morgan fingerprint density at radius 1 is 1.39 bits per heavy atom. The number of hydrogen-bond donors (Lipinski definition) is 1. The minimum Gasteiger partial charge on any atom is -0.396 e. The van der Waals surface area contributed by atoms with E-state index in [1.54, 1.807) is 10.7 Å². The summed E-state index contributed by atoms with van der Waals surface area (Å²) in [6.45, 7) is 0.604. The Labute approximate surface area is 113 Å². The molecule has 2 aromatic rings. The van der Waals surface area contributed by atoms with E-state index >= 15 is 0 Å². The molecule has 1 aromatic heterocycles. The summed E-state index contributed by atoms with van der Waals surface area (Å²) in [5.74, 6) is -0.270. The van der Waals surface area contributed by atoms with Crippen LogP contribution in [0.15, 0.2) is 28.9 Å². The van der Waals surface area contributed by atoms with Crippen molar-refractivity contribution in [1.29, 1.82) is 0 Å². The van der Waals surface area contributed by atoms with E-state index < -0.39 is 0 Å². The molecule has 1 aromatic carbocycles. The predicted octanol–water partition coefficient (Wildman–Crippen LogP) is 2.15. The van der Waals surface area contributed by atoms with Crippen LogP contribution >= 0.6 is 15.9 Å². The zero-order valence-electron chi connectivity index (χ0n) is 9.68. The lowest BCUT2D eigenvalue weighted by Gasteiger charge is -2.03. The van der Waals surface area contributed by atoms with Gasteiger partial charge in [0, 0.05) is 17.3 Å². The number of nitrogens with zero attached hydrogens (tertiary/aromatic N) is 3. The number of aryl methyl sites for hydroxylation is 1. The molecule has 0 bridgehead atoms. The summed E-state index contributed by atoms with van der Waals surface area (Å²) in [5, 5.41) is 16.7. The first-order valence-electron chi connectivity index (χ1n) is 5.63. The Bertz CT molecular complexity index is 530. The minimum atomic E-state index is -0.270. The van der Waals surface area contributed by atoms with Crippen LogP contribution < -0.4 is 0 Å². The second kappa shape index (κ2) is 6.06. The van der Waals surface area contributed by atoms with Crippen molar-refractivity contribution in [2.75, 3.05) is 6.61 Å². The van der Waals surface area contributed by atoms with Crippen LogP contribution in [0.5, 0.6) is 0 Å². The van der Waals surface area contributed by atoms with E-state index in [1.165, 1.54) is 12.1 Å². The van der Waals surface area contributed by atoms with E-state index in [9.17, 15) is 4.39 Å². The number of hydrogen-bond acceptors (Lipinski definition) is 3. The van der Waals surface area contributed by atoms with Gasteiger partial charge in [-0.15, -0.1) is 5.10 Å². The summed E-state index contributed by atoms with van der Waals surface area (Å²) in [6.07, 6.45) is 3.18. The molecule has 4 nitrogen and oxygen atoms in total. The van der Waals surface area contributed by atoms with Crippen LogP contribution in [0.2, 0.25) is 0 Å². The fourth-order valence-electron chi connectivity index (χ4n) is 1.63. The zero-order valence-corrected chi connectivity index (χ0v) is 11.3. The van der Waals surface area contributed by atoms with Gasteiger partial charge in [-0.05, 0) is 36.6 Å². The maximum atomic E-state index is 13.1. The first kappa shape index (κ1) is 13.2. The third kappa shape index (κ3) is 3.36. The predicted molar refractivity (Wildman–Crippen MR) is 68.6 cm³/mol. The molecule has 0 unspecified atom stereocenters. The number of rotatable bonds is 5. The van der Waals surface area contributed by atoms with Gasteiger partial charge in [-0.3, -0.25) is 0 Å². The zero-order chi connectivity index (χ0) is 13.0. The smallest absolute Gasteiger partial charge is 0.123 e. The Balaban J connectivity index is 2.08. The molecule has 0 radical (unpaired) electrons. The third-order valence-electron chi connectivity index (χ3n) is 2.52. The average molecular weight is 314 g/mol. The van der Waals surface area contributed by atoms with Crippen LogP contribution in [0.4, 0.5) is 4.39 Å². The molecule has 0 aliphatic heterocycles. The van der Waals surface area contributed by atoms with Gasteiger partial charge in [-0.25, -0.2) is 9.07 Å². The lowest BCUT2D eigenvalue weighted by Crippen LogP contribution is -2.01. The highest BCUT2D eigenvalue weighted by Gasteiger charge is 2.05. The molecule has 18 heavy (non-hydrogen) atoms. The molecule has 0 saturated carbocycles. The summed E-state index contributed by atoms with van der Waals surface area (Å²) in [7, 11) is 0. The van der Waals surface area contributed by atoms with Crippen LogP contribution in [0, 0.1) is 5.82 Å². The first-order valence-corrected chi connectivity index (χ1v) is 6.42. The van der Waals surface area contributed by atoms with Crippen LogP contribution in [-0.2, 0) is 13.0 Å². The van der Waals surface area contributed by atoms with Crippen molar-refractivity contribution in [3.8, 4) is 0 Å². The minimum absolute atomic E-state index is 0.141. The van der Waals surface area contributed by atoms with Gasteiger partial charge in [-0.1, -0.05) is 21.1 Å². The summed E-state index contributed by atoms with van der Waals surface area (Å²) in [5.41, 5.74) is 1.64. The summed E-state index contributed by atoms with van der Waals surface area (Å²) in [4.78, 5) is 0. The second-order valence-electron chi connectivity index (χ2n) is 3.97. The number of aliphatic hydroxyl groups is 1. The SMILES string of the molecule is OCCCc1cn(Cc2cc(F)ccc2Br)nn1. The van der Waals surface area contributed by atoms with Gasteiger partial charge in [0.05, 0.1) is 12.2 Å². The van der Waals surface area contributed by atoms with Gasteiger partial charge >= 0.3 is 0 Å². The van der Waals surface area contributed by atoms with Gasteiger partial charge < -0.3 is 5.11 Å². The standard InChI is InChI=1S/C12H13BrFN3O/c13-12-4-3-10(14)6-9(12)7-17-8-11(15-16-17)2-1-5-18/h3-4,6,8,18H,1-2,5,7H2. The molecule has 0 amide bonds. The van der Waals surface area contributed by atoms with Gasteiger partial charge in [0.2, 0.25) is 0 Å². The van der Waals surface area contributed by atoms with Gasteiger partial charge in [0.25, 0.3) is 0 Å². The van der Waals surface area contributed by atoms with E-state index in [-0.39, 0.29) is 12.4 Å². The molecule has 1 N–H and O–H groups in total. The van der Waals surface area contributed by atoms with Crippen molar-refractivity contribution >= 4 is 15.9 Å². The monoisotopic (exact) mass is 313 g/mol. The van der Waals surface area contributed by atoms with Crippen molar-refractivity contribution in [3.05, 3.63) is 45.9 Å². The molecule has 6 heteroatoms. The van der Waals surface area contributed by atoms with Crippen molar-refractivity contribution in [2.45, 2.75) is 19.4 Å². The summed E-state index contributed by atoms with van der Waals surface area (Å²) < 4.78 is 15.6. The molecule has 1 heterocycles. The molecule has 0 aliphatic rings. The third-order valence-corrected chi connectivity index (χ3v) is 3.29. The molecule has 0 aliphatic carbocycles. The molecular formula is C12H13BrFN3O. The average Bonchev–Trinajstić information content (AvgIpc) is 2.79. The van der Waals surface area contributed by atoms with Crippen molar-refractivity contribution in [2.24, 2.45) is 0 Å². The first-order chi connectivity index (χ1) is 8.69. The second-order valence-corrected chi connectivity index (χ2v) is 4.82. The Hall–Kier alpha value is -1.27. The summed E-state index contributed by atoms with van der Waals surface area (Å²) in [6, 6.07) is 4.55. The maximum absolute atomic E-state index is 13.1. The van der Waals surface area contributed by atoms with Crippen LogP contribution in [0.1, 0.15) is 17.7 Å². The van der Waals surface area contributed by atoms with E-state index in [4.69, 9.17) is 5.11 Å².